The molecule has 2 aromatic carbocycles. The third-order valence-electron chi connectivity index (χ3n) is 3.86. The van der Waals surface area contributed by atoms with Gasteiger partial charge >= 0.3 is 5.97 Å². The van der Waals surface area contributed by atoms with Crippen molar-refractivity contribution in [3.05, 3.63) is 71.8 Å². The average Bonchev–Trinajstić information content (AvgIpc) is 2.69. The molecule has 142 valence electrons. The quantitative estimate of drug-likeness (QED) is 0.664. The summed E-state index contributed by atoms with van der Waals surface area (Å²) in [5.41, 5.74) is 1.46. The van der Waals surface area contributed by atoms with Crippen LogP contribution in [0.25, 0.3) is 0 Å². The Balaban J connectivity index is 1.85. The summed E-state index contributed by atoms with van der Waals surface area (Å²) < 4.78 is 5.05. The molecule has 6 nitrogen and oxygen atoms in total. The number of hydrogen-bond acceptors (Lipinski definition) is 4. The van der Waals surface area contributed by atoms with Crippen LogP contribution in [0.3, 0.4) is 0 Å². The van der Waals surface area contributed by atoms with Gasteiger partial charge in [-0.1, -0.05) is 48.5 Å². The monoisotopic (exact) mass is 368 g/mol. The van der Waals surface area contributed by atoms with Gasteiger partial charge in [-0.3, -0.25) is 9.59 Å². The van der Waals surface area contributed by atoms with Crippen molar-refractivity contribution in [2.75, 3.05) is 13.2 Å². The van der Waals surface area contributed by atoms with Gasteiger partial charge in [0.1, 0.15) is 6.04 Å². The number of amides is 2. The van der Waals surface area contributed by atoms with E-state index in [1.165, 1.54) is 0 Å². The highest BCUT2D eigenvalue weighted by atomic mass is 16.5. The van der Waals surface area contributed by atoms with E-state index in [4.69, 9.17) is 4.74 Å². The van der Waals surface area contributed by atoms with Crippen LogP contribution in [0, 0.1) is 0 Å². The van der Waals surface area contributed by atoms with Crippen molar-refractivity contribution in [2.45, 2.75) is 25.8 Å². The molecule has 0 fully saturated rings. The number of ether oxygens (including phenoxy) is 1. The van der Waals surface area contributed by atoms with E-state index in [-0.39, 0.29) is 31.4 Å². The number of hydrogen-bond donors (Lipinski definition) is 2. The van der Waals surface area contributed by atoms with Crippen molar-refractivity contribution in [3.8, 4) is 0 Å². The molecular formula is C21H24N2O4. The Morgan fingerprint density at radius 1 is 0.963 bits per heavy atom. The van der Waals surface area contributed by atoms with Gasteiger partial charge in [0.15, 0.2) is 0 Å². The Morgan fingerprint density at radius 3 is 2.22 bits per heavy atom. The van der Waals surface area contributed by atoms with Gasteiger partial charge < -0.3 is 15.4 Å². The molecule has 0 radical (unpaired) electrons. The smallest absolute Gasteiger partial charge is 0.328 e. The predicted octanol–water partition coefficient (Wildman–Crippen LogP) is 2.10. The van der Waals surface area contributed by atoms with E-state index in [9.17, 15) is 14.4 Å². The molecule has 0 aliphatic heterocycles. The van der Waals surface area contributed by atoms with Crippen LogP contribution in [0.2, 0.25) is 0 Å². The molecule has 0 heterocycles. The summed E-state index contributed by atoms with van der Waals surface area (Å²) in [5, 5.41) is 5.39. The lowest BCUT2D eigenvalue weighted by molar-refractivity contribution is -0.147. The highest BCUT2D eigenvalue weighted by Crippen LogP contribution is 2.05. The number of carbonyl (C=O) groups is 3. The van der Waals surface area contributed by atoms with E-state index in [0.29, 0.717) is 12.0 Å². The van der Waals surface area contributed by atoms with Gasteiger partial charge in [-0.2, -0.15) is 0 Å². The van der Waals surface area contributed by atoms with Crippen molar-refractivity contribution < 1.29 is 19.1 Å². The molecule has 0 aliphatic rings. The van der Waals surface area contributed by atoms with Crippen molar-refractivity contribution in [3.63, 3.8) is 0 Å². The van der Waals surface area contributed by atoms with Gasteiger partial charge in [0.05, 0.1) is 6.61 Å². The lowest BCUT2D eigenvalue weighted by atomic mass is 10.1. The predicted molar refractivity (Wildman–Crippen MR) is 102 cm³/mol. The molecule has 0 aromatic heterocycles. The van der Waals surface area contributed by atoms with E-state index in [1.54, 1.807) is 31.2 Å². The number of rotatable bonds is 9. The number of carbonyl (C=O) groups excluding carboxylic acids is 3. The minimum Gasteiger partial charge on any atom is -0.464 e. The molecule has 0 spiro atoms. The molecule has 2 aromatic rings. The molecular weight excluding hydrogens is 344 g/mol. The van der Waals surface area contributed by atoms with Gasteiger partial charge in [0, 0.05) is 24.9 Å². The van der Waals surface area contributed by atoms with Crippen LogP contribution >= 0.6 is 0 Å². The zero-order valence-electron chi connectivity index (χ0n) is 15.3. The van der Waals surface area contributed by atoms with E-state index in [0.717, 1.165) is 5.56 Å². The second-order valence-corrected chi connectivity index (χ2v) is 5.93. The van der Waals surface area contributed by atoms with Crippen molar-refractivity contribution in [1.29, 1.82) is 0 Å². The maximum atomic E-state index is 12.2. The van der Waals surface area contributed by atoms with E-state index in [1.807, 2.05) is 36.4 Å². The summed E-state index contributed by atoms with van der Waals surface area (Å²) in [7, 11) is 0. The molecule has 0 saturated heterocycles. The van der Waals surface area contributed by atoms with Crippen LogP contribution in [-0.2, 0) is 20.7 Å². The zero-order chi connectivity index (χ0) is 19.5. The normalized spacial score (nSPS) is 11.3. The van der Waals surface area contributed by atoms with Crippen LogP contribution in [-0.4, -0.2) is 37.0 Å². The van der Waals surface area contributed by atoms with Gasteiger partial charge in [-0.15, -0.1) is 0 Å². The third kappa shape index (κ3) is 6.93. The molecule has 2 rings (SSSR count). The Bertz CT molecular complexity index is 747. The first kappa shape index (κ1) is 20.2. The average molecular weight is 368 g/mol. The standard InChI is InChI=1S/C21H24N2O4/c1-2-27-21(26)18(15-16-9-5-3-6-10-16)23-19(24)13-14-22-20(25)17-11-7-4-8-12-17/h3-12,18H,2,13-15H2,1H3,(H,22,25)(H,23,24). The minimum atomic E-state index is -0.760. The summed E-state index contributed by atoms with van der Waals surface area (Å²) in [6, 6.07) is 17.4. The Morgan fingerprint density at radius 2 is 1.59 bits per heavy atom. The summed E-state index contributed by atoms with van der Waals surface area (Å²) in [6.45, 7) is 2.14. The first-order valence-corrected chi connectivity index (χ1v) is 8.93. The molecule has 2 N–H and O–H groups in total. The van der Waals surface area contributed by atoms with Crippen molar-refractivity contribution >= 4 is 17.8 Å². The first-order chi connectivity index (χ1) is 13.1. The largest absolute Gasteiger partial charge is 0.464 e. The second kappa shape index (κ2) is 10.8. The molecule has 1 unspecified atom stereocenters. The second-order valence-electron chi connectivity index (χ2n) is 5.93. The van der Waals surface area contributed by atoms with Crippen molar-refractivity contribution in [1.82, 2.24) is 10.6 Å². The molecule has 6 heteroatoms. The highest BCUT2D eigenvalue weighted by Gasteiger charge is 2.22. The summed E-state index contributed by atoms with van der Waals surface area (Å²) >= 11 is 0. The summed E-state index contributed by atoms with van der Waals surface area (Å²) in [4.78, 5) is 36.3. The lowest BCUT2D eigenvalue weighted by Crippen LogP contribution is -2.44. The van der Waals surface area contributed by atoms with Crippen LogP contribution < -0.4 is 10.6 Å². The van der Waals surface area contributed by atoms with E-state index in [2.05, 4.69) is 10.6 Å². The van der Waals surface area contributed by atoms with Gasteiger partial charge in [-0.05, 0) is 24.6 Å². The topological polar surface area (TPSA) is 84.5 Å². The fourth-order valence-corrected chi connectivity index (χ4v) is 2.53. The Labute approximate surface area is 158 Å². The number of esters is 1. The summed E-state index contributed by atoms with van der Waals surface area (Å²) in [5.74, 6) is -1.03. The third-order valence-corrected chi connectivity index (χ3v) is 3.86. The van der Waals surface area contributed by atoms with Gasteiger partial charge in [0.2, 0.25) is 5.91 Å². The molecule has 2 amide bonds. The SMILES string of the molecule is CCOC(=O)C(Cc1ccccc1)NC(=O)CCNC(=O)c1ccccc1. The van der Waals surface area contributed by atoms with Crippen LogP contribution in [0.5, 0.6) is 0 Å². The first-order valence-electron chi connectivity index (χ1n) is 8.93. The van der Waals surface area contributed by atoms with Crippen LogP contribution in [0.4, 0.5) is 0 Å². The van der Waals surface area contributed by atoms with Gasteiger partial charge in [-0.25, -0.2) is 4.79 Å². The van der Waals surface area contributed by atoms with E-state index < -0.39 is 12.0 Å². The van der Waals surface area contributed by atoms with Gasteiger partial charge in [0.25, 0.3) is 5.91 Å². The molecule has 0 bridgehead atoms. The maximum absolute atomic E-state index is 12.2. The maximum Gasteiger partial charge on any atom is 0.328 e. The fraction of sp³-hybridized carbons (Fsp3) is 0.286. The van der Waals surface area contributed by atoms with Crippen LogP contribution in [0.1, 0.15) is 29.3 Å². The summed E-state index contributed by atoms with van der Waals surface area (Å²) in [6.07, 6.45) is 0.422. The molecule has 1 atom stereocenters. The number of benzene rings is 2. The molecule has 27 heavy (non-hydrogen) atoms. The molecule has 0 saturated carbocycles. The van der Waals surface area contributed by atoms with Crippen LogP contribution in [0.15, 0.2) is 60.7 Å². The highest BCUT2D eigenvalue weighted by molar-refractivity contribution is 5.94. The van der Waals surface area contributed by atoms with E-state index >= 15 is 0 Å². The Kier molecular flexibility index (Phi) is 8.03. The minimum absolute atomic E-state index is 0.0727. The lowest BCUT2D eigenvalue weighted by Gasteiger charge is -2.17. The number of nitrogens with one attached hydrogen (secondary N) is 2. The molecule has 0 aliphatic carbocycles. The fourth-order valence-electron chi connectivity index (χ4n) is 2.53. The Hall–Kier alpha value is -3.15. The zero-order valence-corrected chi connectivity index (χ0v) is 15.3. The van der Waals surface area contributed by atoms with Crippen molar-refractivity contribution in [2.24, 2.45) is 0 Å².